The highest BCUT2D eigenvalue weighted by atomic mass is 19.4. The molecule has 0 saturated carbocycles. The average molecular weight is 339 g/mol. The number of rotatable bonds is 7. The van der Waals surface area contributed by atoms with E-state index in [1.54, 1.807) is 16.8 Å². The van der Waals surface area contributed by atoms with E-state index in [2.05, 4.69) is 10.4 Å². The maximum absolute atomic E-state index is 13.3. The number of hydrogen-bond donors (Lipinski definition) is 1. The predicted octanol–water partition coefficient (Wildman–Crippen LogP) is 4.36. The van der Waals surface area contributed by atoms with E-state index in [4.69, 9.17) is 0 Å². The lowest BCUT2D eigenvalue weighted by atomic mass is 9.95. The summed E-state index contributed by atoms with van der Waals surface area (Å²) >= 11 is 0. The first kappa shape index (κ1) is 18.0. The van der Waals surface area contributed by atoms with Gasteiger partial charge in [0.2, 0.25) is 5.91 Å². The number of aromatic nitrogens is 2. The molecule has 0 aliphatic carbocycles. The van der Waals surface area contributed by atoms with Crippen LogP contribution in [0.25, 0.3) is 0 Å². The lowest BCUT2D eigenvalue weighted by molar-refractivity contribution is -0.156. The predicted molar refractivity (Wildman–Crippen MR) is 85.6 cm³/mol. The molecule has 4 nitrogen and oxygen atoms in total. The summed E-state index contributed by atoms with van der Waals surface area (Å²) in [7, 11) is 0. The monoisotopic (exact) mass is 339 g/mol. The fraction of sp³-hybridized carbons (Fsp3) is 0.412. The van der Waals surface area contributed by atoms with Gasteiger partial charge in [-0.1, -0.05) is 43.7 Å². The van der Waals surface area contributed by atoms with Crippen LogP contribution in [0.15, 0.2) is 42.6 Å². The van der Waals surface area contributed by atoms with Gasteiger partial charge in [0.15, 0.2) is 0 Å². The molecule has 0 fully saturated rings. The third-order valence-electron chi connectivity index (χ3n) is 3.69. The maximum atomic E-state index is 13.3. The van der Waals surface area contributed by atoms with Gasteiger partial charge in [-0.25, -0.2) is 4.68 Å². The molecule has 0 radical (unpaired) electrons. The SMILES string of the molecule is CCCCn1nccc1NC(=O)CC(c1ccccc1)C(F)(F)F. The van der Waals surface area contributed by atoms with Crippen LogP contribution in [0.2, 0.25) is 0 Å². The van der Waals surface area contributed by atoms with Gasteiger partial charge < -0.3 is 5.32 Å². The molecule has 1 aromatic carbocycles. The minimum atomic E-state index is -4.48. The zero-order valence-corrected chi connectivity index (χ0v) is 13.4. The highest BCUT2D eigenvalue weighted by Gasteiger charge is 2.41. The molecule has 0 aliphatic heterocycles. The molecule has 0 saturated heterocycles. The molecule has 7 heteroatoms. The molecule has 0 spiro atoms. The maximum Gasteiger partial charge on any atom is 0.396 e. The molecular weight excluding hydrogens is 319 g/mol. The number of hydrogen-bond acceptors (Lipinski definition) is 2. The molecule has 1 aromatic heterocycles. The van der Waals surface area contributed by atoms with E-state index in [1.807, 2.05) is 6.92 Å². The van der Waals surface area contributed by atoms with Crippen LogP contribution in [0.3, 0.4) is 0 Å². The number of carbonyl (C=O) groups excluding carboxylic acids is 1. The molecule has 1 unspecified atom stereocenters. The fourth-order valence-corrected chi connectivity index (χ4v) is 2.41. The smallest absolute Gasteiger partial charge is 0.311 e. The summed E-state index contributed by atoms with van der Waals surface area (Å²) in [4.78, 5) is 12.1. The number of alkyl halides is 3. The van der Waals surface area contributed by atoms with Gasteiger partial charge in [0, 0.05) is 19.0 Å². The first-order valence-electron chi connectivity index (χ1n) is 7.85. The highest BCUT2D eigenvalue weighted by molar-refractivity contribution is 5.90. The van der Waals surface area contributed by atoms with E-state index < -0.39 is 24.4 Å². The van der Waals surface area contributed by atoms with Gasteiger partial charge in [-0.3, -0.25) is 4.79 Å². The topological polar surface area (TPSA) is 46.9 Å². The zero-order valence-electron chi connectivity index (χ0n) is 13.4. The van der Waals surface area contributed by atoms with Gasteiger partial charge in [-0.15, -0.1) is 0 Å². The summed E-state index contributed by atoms with van der Waals surface area (Å²) in [5.41, 5.74) is 0.0830. The Balaban J connectivity index is 2.08. The number of benzene rings is 1. The Labute approximate surface area is 138 Å². The van der Waals surface area contributed by atoms with Crippen molar-refractivity contribution < 1.29 is 18.0 Å². The summed E-state index contributed by atoms with van der Waals surface area (Å²) in [6, 6.07) is 9.06. The quantitative estimate of drug-likeness (QED) is 0.815. The van der Waals surface area contributed by atoms with Crippen molar-refractivity contribution in [3.05, 3.63) is 48.2 Å². The van der Waals surface area contributed by atoms with E-state index in [9.17, 15) is 18.0 Å². The second kappa shape index (κ2) is 7.99. The van der Waals surface area contributed by atoms with E-state index >= 15 is 0 Å². The molecule has 1 heterocycles. The third kappa shape index (κ3) is 4.84. The minimum absolute atomic E-state index is 0.0830. The molecule has 2 aromatic rings. The number of aryl methyl sites for hydroxylation is 1. The van der Waals surface area contributed by atoms with Crippen LogP contribution in [-0.2, 0) is 11.3 Å². The van der Waals surface area contributed by atoms with Gasteiger partial charge in [0.1, 0.15) is 5.82 Å². The number of anilines is 1. The summed E-state index contributed by atoms with van der Waals surface area (Å²) in [5.74, 6) is -2.09. The van der Waals surface area contributed by atoms with Gasteiger partial charge >= 0.3 is 6.18 Å². The van der Waals surface area contributed by atoms with Crippen molar-refractivity contribution >= 4 is 11.7 Å². The van der Waals surface area contributed by atoms with Crippen molar-refractivity contribution in [2.75, 3.05) is 5.32 Å². The number of halogens is 3. The van der Waals surface area contributed by atoms with Crippen molar-refractivity contribution in [3.63, 3.8) is 0 Å². The summed E-state index contributed by atoms with van der Waals surface area (Å²) in [5, 5.41) is 6.61. The van der Waals surface area contributed by atoms with Crippen LogP contribution in [-0.4, -0.2) is 21.9 Å². The van der Waals surface area contributed by atoms with Gasteiger partial charge in [0.25, 0.3) is 0 Å². The minimum Gasteiger partial charge on any atom is -0.311 e. The largest absolute Gasteiger partial charge is 0.396 e. The van der Waals surface area contributed by atoms with Crippen molar-refractivity contribution in [1.82, 2.24) is 9.78 Å². The normalized spacial score (nSPS) is 12.8. The molecule has 1 atom stereocenters. The Hall–Kier alpha value is -2.31. The summed E-state index contributed by atoms with van der Waals surface area (Å²) in [6.45, 7) is 2.63. The summed E-state index contributed by atoms with van der Waals surface area (Å²) in [6.07, 6.45) is -1.80. The molecule has 1 amide bonds. The van der Waals surface area contributed by atoms with Crippen LogP contribution in [0.5, 0.6) is 0 Å². The van der Waals surface area contributed by atoms with Crippen LogP contribution >= 0.6 is 0 Å². The Kier molecular flexibility index (Phi) is 6.00. The Morgan fingerprint density at radius 2 is 1.96 bits per heavy atom. The average Bonchev–Trinajstić information content (AvgIpc) is 2.97. The second-order valence-electron chi connectivity index (χ2n) is 5.55. The van der Waals surface area contributed by atoms with Crippen molar-refractivity contribution in [2.24, 2.45) is 0 Å². The lowest BCUT2D eigenvalue weighted by Gasteiger charge is -2.20. The molecule has 0 aliphatic rings. The van der Waals surface area contributed by atoms with Crippen LogP contribution in [0, 0.1) is 0 Å². The Bertz CT molecular complexity index is 653. The lowest BCUT2D eigenvalue weighted by Crippen LogP contribution is -2.27. The molecule has 2 rings (SSSR count). The molecule has 0 bridgehead atoms. The van der Waals surface area contributed by atoms with Crippen LogP contribution < -0.4 is 5.32 Å². The van der Waals surface area contributed by atoms with E-state index in [0.717, 1.165) is 12.8 Å². The summed E-state index contributed by atoms with van der Waals surface area (Å²) < 4.78 is 41.5. The van der Waals surface area contributed by atoms with Crippen molar-refractivity contribution in [1.29, 1.82) is 0 Å². The van der Waals surface area contributed by atoms with E-state index in [0.29, 0.717) is 12.4 Å². The molecule has 130 valence electrons. The first-order valence-corrected chi connectivity index (χ1v) is 7.85. The number of amides is 1. The van der Waals surface area contributed by atoms with Gasteiger partial charge in [0.05, 0.1) is 12.1 Å². The van der Waals surface area contributed by atoms with E-state index in [1.165, 1.54) is 30.5 Å². The zero-order chi connectivity index (χ0) is 17.6. The molecular formula is C17H20F3N3O. The van der Waals surface area contributed by atoms with Crippen molar-refractivity contribution in [2.45, 2.75) is 44.8 Å². The Morgan fingerprint density at radius 3 is 2.58 bits per heavy atom. The Morgan fingerprint density at radius 1 is 1.25 bits per heavy atom. The molecule has 1 N–H and O–H groups in total. The second-order valence-corrected chi connectivity index (χ2v) is 5.55. The van der Waals surface area contributed by atoms with Crippen molar-refractivity contribution in [3.8, 4) is 0 Å². The standard InChI is InChI=1S/C17H20F3N3O/c1-2-3-11-23-15(9-10-21-23)22-16(24)12-14(17(18,19)20)13-7-5-4-6-8-13/h4-10,14H,2-3,11-12H2,1H3,(H,22,24). The molecule has 24 heavy (non-hydrogen) atoms. The number of nitrogens with one attached hydrogen (secondary N) is 1. The first-order chi connectivity index (χ1) is 11.4. The van der Waals surface area contributed by atoms with Gasteiger partial charge in [-0.05, 0) is 12.0 Å². The van der Waals surface area contributed by atoms with E-state index in [-0.39, 0.29) is 5.56 Å². The van der Waals surface area contributed by atoms with Crippen LogP contribution in [0.4, 0.5) is 19.0 Å². The number of unbranched alkanes of at least 4 members (excludes halogenated alkanes) is 1. The highest BCUT2D eigenvalue weighted by Crippen LogP contribution is 2.37. The van der Waals surface area contributed by atoms with Crippen LogP contribution in [0.1, 0.15) is 37.7 Å². The van der Waals surface area contributed by atoms with Gasteiger partial charge in [-0.2, -0.15) is 18.3 Å². The fourth-order valence-electron chi connectivity index (χ4n) is 2.41. The number of carbonyl (C=O) groups is 1. The third-order valence-corrected chi connectivity index (χ3v) is 3.69. The number of nitrogens with zero attached hydrogens (tertiary/aromatic N) is 2.